The van der Waals surface area contributed by atoms with Gasteiger partial charge in [-0.15, -0.1) is 0 Å². The van der Waals surface area contributed by atoms with Crippen LogP contribution in [0.2, 0.25) is 0 Å². The Bertz CT molecular complexity index is 628. The number of aromatic nitrogens is 2. The van der Waals surface area contributed by atoms with Gasteiger partial charge in [0.25, 0.3) is 0 Å². The Kier molecular flexibility index (Phi) is 3.75. The molecule has 8 heteroatoms. The molecule has 1 N–H and O–H groups in total. The first-order valence-electron chi connectivity index (χ1n) is 7.21. The highest BCUT2D eigenvalue weighted by atomic mass is 32.2. The van der Waals surface area contributed by atoms with Gasteiger partial charge in [-0.25, -0.2) is 8.42 Å². The molecule has 1 aliphatic carbocycles. The number of sulfonamides is 1. The Hall–Kier alpha value is -1.41. The first-order valence-corrected chi connectivity index (χ1v) is 8.65. The number of hydrogen-bond donors (Lipinski definition) is 1. The summed E-state index contributed by atoms with van der Waals surface area (Å²) >= 11 is 0. The van der Waals surface area contributed by atoms with Gasteiger partial charge in [0.2, 0.25) is 10.0 Å². The van der Waals surface area contributed by atoms with E-state index in [0.717, 1.165) is 12.8 Å². The second-order valence-electron chi connectivity index (χ2n) is 5.86. The van der Waals surface area contributed by atoms with Crippen molar-refractivity contribution in [3.63, 3.8) is 0 Å². The molecule has 3 rings (SSSR count). The topological polar surface area (TPSA) is 92.5 Å². The molecule has 1 saturated heterocycles. The lowest BCUT2D eigenvalue weighted by atomic mass is 10.0. The van der Waals surface area contributed by atoms with Gasteiger partial charge in [-0.05, 0) is 24.7 Å². The maximum atomic E-state index is 12.6. The monoisotopic (exact) mass is 313 g/mol. The molecule has 2 atom stereocenters. The summed E-state index contributed by atoms with van der Waals surface area (Å²) in [6.45, 7) is 1.39. The fourth-order valence-corrected chi connectivity index (χ4v) is 4.86. The van der Waals surface area contributed by atoms with Gasteiger partial charge in [0, 0.05) is 19.3 Å². The summed E-state index contributed by atoms with van der Waals surface area (Å²) in [4.78, 5) is 10.7. The second-order valence-corrected chi connectivity index (χ2v) is 7.79. The van der Waals surface area contributed by atoms with E-state index in [9.17, 15) is 13.2 Å². The number of carboxylic acid groups (broad SMARTS) is 1. The van der Waals surface area contributed by atoms with Crippen LogP contribution in [0, 0.1) is 11.8 Å². The molecule has 1 aromatic rings. The maximum Gasteiger partial charge on any atom is 0.305 e. The second kappa shape index (κ2) is 5.42. The third-order valence-electron chi connectivity index (χ3n) is 4.49. The zero-order chi connectivity index (χ0) is 15.0. The fraction of sp³-hybridized carbons (Fsp3) is 0.692. The summed E-state index contributed by atoms with van der Waals surface area (Å²) in [6, 6.07) is 0. The van der Waals surface area contributed by atoms with Gasteiger partial charge in [0.1, 0.15) is 4.90 Å². The molecule has 2 unspecified atom stereocenters. The highest BCUT2D eigenvalue weighted by Crippen LogP contribution is 2.39. The normalized spacial score (nSPS) is 26.1. The van der Waals surface area contributed by atoms with Gasteiger partial charge in [0.05, 0.1) is 19.2 Å². The minimum absolute atomic E-state index is 0.0744. The molecule has 2 aliphatic rings. The van der Waals surface area contributed by atoms with Gasteiger partial charge >= 0.3 is 5.97 Å². The average Bonchev–Trinajstić information content (AvgIpc) is 3.11. The van der Waals surface area contributed by atoms with E-state index >= 15 is 0 Å². The molecule has 0 spiro atoms. The van der Waals surface area contributed by atoms with Crippen LogP contribution in [0.4, 0.5) is 0 Å². The molecule has 1 aliphatic heterocycles. The van der Waals surface area contributed by atoms with Crippen molar-refractivity contribution in [3.05, 3.63) is 12.4 Å². The molecule has 116 valence electrons. The number of aryl methyl sites for hydroxylation is 1. The highest BCUT2D eigenvalue weighted by molar-refractivity contribution is 7.89. The minimum Gasteiger partial charge on any atom is -0.481 e. The molecule has 0 bridgehead atoms. The van der Waals surface area contributed by atoms with Crippen LogP contribution >= 0.6 is 0 Å². The van der Waals surface area contributed by atoms with E-state index in [1.54, 1.807) is 4.31 Å². The lowest BCUT2D eigenvalue weighted by molar-refractivity contribution is -0.137. The molecule has 0 amide bonds. The zero-order valence-corrected chi connectivity index (χ0v) is 12.5. The van der Waals surface area contributed by atoms with Crippen molar-refractivity contribution in [1.82, 2.24) is 14.1 Å². The molecule has 1 aromatic heterocycles. The summed E-state index contributed by atoms with van der Waals surface area (Å²) in [7, 11) is -3.50. The van der Waals surface area contributed by atoms with Crippen molar-refractivity contribution in [1.29, 1.82) is 0 Å². The molecule has 2 fully saturated rings. The lowest BCUT2D eigenvalue weighted by Crippen LogP contribution is -2.29. The van der Waals surface area contributed by atoms with E-state index in [0.29, 0.717) is 24.9 Å². The molecule has 21 heavy (non-hydrogen) atoms. The van der Waals surface area contributed by atoms with E-state index in [1.165, 1.54) is 23.5 Å². The van der Waals surface area contributed by atoms with Crippen LogP contribution in [0.25, 0.3) is 0 Å². The predicted octanol–water partition coefficient (Wildman–Crippen LogP) is 0.778. The first kappa shape index (κ1) is 14.5. The van der Waals surface area contributed by atoms with E-state index in [2.05, 4.69) is 5.10 Å². The Morgan fingerprint density at radius 2 is 2.00 bits per heavy atom. The van der Waals surface area contributed by atoms with Crippen molar-refractivity contribution >= 4 is 16.0 Å². The maximum absolute atomic E-state index is 12.6. The quantitative estimate of drug-likeness (QED) is 0.867. The number of fused-ring (bicyclic) bond motifs is 1. The molecule has 1 saturated carbocycles. The Morgan fingerprint density at radius 1 is 1.33 bits per heavy atom. The van der Waals surface area contributed by atoms with E-state index in [-0.39, 0.29) is 17.9 Å². The number of rotatable bonds is 5. The van der Waals surface area contributed by atoms with Crippen molar-refractivity contribution in [2.45, 2.75) is 37.1 Å². The van der Waals surface area contributed by atoms with Crippen molar-refractivity contribution in [3.8, 4) is 0 Å². The summed E-state index contributed by atoms with van der Waals surface area (Å²) in [5.74, 6) is 0.0749. The van der Waals surface area contributed by atoms with Crippen LogP contribution in [-0.2, 0) is 21.4 Å². The molecule has 0 aromatic carbocycles. The van der Waals surface area contributed by atoms with Crippen molar-refractivity contribution < 1.29 is 18.3 Å². The number of carboxylic acids is 1. The predicted molar refractivity (Wildman–Crippen MR) is 74.1 cm³/mol. The summed E-state index contributed by atoms with van der Waals surface area (Å²) in [6.07, 6.45) is 6.10. The summed E-state index contributed by atoms with van der Waals surface area (Å²) < 4.78 is 28.1. The van der Waals surface area contributed by atoms with Crippen molar-refractivity contribution in [2.75, 3.05) is 13.1 Å². The highest BCUT2D eigenvalue weighted by Gasteiger charge is 2.41. The summed E-state index contributed by atoms with van der Waals surface area (Å²) in [5, 5.41) is 12.6. The van der Waals surface area contributed by atoms with E-state index in [1.807, 2.05) is 0 Å². The fourth-order valence-electron chi connectivity index (χ4n) is 3.35. The smallest absolute Gasteiger partial charge is 0.305 e. The van der Waals surface area contributed by atoms with Gasteiger partial charge in [-0.3, -0.25) is 9.48 Å². The van der Waals surface area contributed by atoms with Crippen molar-refractivity contribution in [2.24, 2.45) is 11.8 Å². The largest absolute Gasteiger partial charge is 0.481 e. The molecular formula is C13H19N3O4S. The number of carbonyl (C=O) groups is 1. The SMILES string of the molecule is O=C(O)CCn1cc(S(=O)(=O)N2CC3CCCC3C2)cn1. The third-order valence-corrected chi connectivity index (χ3v) is 6.28. The Labute approximate surface area is 123 Å². The Morgan fingerprint density at radius 3 is 2.62 bits per heavy atom. The van der Waals surface area contributed by atoms with E-state index < -0.39 is 16.0 Å². The van der Waals surface area contributed by atoms with Gasteiger partial charge in [0.15, 0.2) is 0 Å². The number of aliphatic carboxylic acids is 1. The molecule has 2 heterocycles. The number of hydrogen-bond acceptors (Lipinski definition) is 4. The first-order chi connectivity index (χ1) is 9.96. The van der Waals surface area contributed by atoms with Crippen LogP contribution in [-0.4, -0.2) is 46.7 Å². The van der Waals surface area contributed by atoms with Crippen LogP contribution in [0.5, 0.6) is 0 Å². The van der Waals surface area contributed by atoms with Crippen LogP contribution in [0.15, 0.2) is 17.3 Å². The number of nitrogens with zero attached hydrogens (tertiary/aromatic N) is 3. The minimum atomic E-state index is -3.50. The van der Waals surface area contributed by atoms with Gasteiger partial charge < -0.3 is 5.11 Å². The average molecular weight is 313 g/mol. The van der Waals surface area contributed by atoms with Gasteiger partial charge in [-0.1, -0.05) is 6.42 Å². The van der Waals surface area contributed by atoms with Crippen LogP contribution in [0.3, 0.4) is 0 Å². The lowest BCUT2D eigenvalue weighted by Gasteiger charge is -2.15. The standard InChI is InChI=1S/C13H19N3O4S/c17-13(18)4-5-15-9-12(6-14-15)21(19,20)16-7-10-2-1-3-11(10)8-16/h6,9-11H,1-5,7-8H2,(H,17,18). The van der Waals surface area contributed by atoms with Crippen LogP contribution in [0.1, 0.15) is 25.7 Å². The van der Waals surface area contributed by atoms with E-state index in [4.69, 9.17) is 5.11 Å². The molecule has 7 nitrogen and oxygen atoms in total. The third kappa shape index (κ3) is 2.82. The van der Waals surface area contributed by atoms with Crippen LogP contribution < -0.4 is 0 Å². The zero-order valence-electron chi connectivity index (χ0n) is 11.7. The summed E-state index contributed by atoms with van der Waals surface area (Å²) in [5.41, 5.74) is 0. The molecule has 0 radical (unpaired) electrons. The molecular weight excluding hydrogens is 294 g/mol. The van der Waals surface area contributed by atoms with Gasteiger partial charge in [-0.2, -0.15) is 9.40 Å². The Balaban J connectivity index is 1.72.